The van der Waals surface area contributed by atoms with E-state index in [1.54, 1.807) is 0 Å². The van der Waals surface area contributed by atoms with Crippen LogP contribution in [0.1, 0.15) is 30.9 Å². The molecule has 1 aliphatic heterocycles. The third kappa shape index (κ3) is 3.87. The van der Waals surface area contributed by atoms with Gasteiger partial charge in [-0.3, -0.25) is 0 Å². The van der Waals surface area contributed by atoms with E-state index >= 15 is 0 Å². The van der Waals surface area contributed by atoms with Gasteiger partial charge in [0, 0.05) is 19.1 Å². The molecule has 1 heterocycles. The zero-order valence-electron chi connectivity index (χ0n) is 13.2. The van der Waals surface area contributed by atoms with E-state index in [1.807, 2.05) is 6.92 Å². The van der Waals surface area contributed by atoms with Gasteiger partial charge in [-0.1, -0.05) is 13.0 Å². The number of nitrogens with zero attached hydrogens (tertiary/aromatic N) is 1. The Morgan fingerprint density at radius 1 is 1.35 bits per heavy atom. The molecule has 0 bridgehead atoms. The van der Waals surface area contributed by atoms with Crippen molar-refractivity contribution in [2.45, 2.75) is 43.8 Å². The molecular formula is C15H21F3N2O2S. The van der Waals surface area contributed by atoms with Gasteiger partial charge in [0.25, 0.3) is 0 Å². The molecule has 0 radical (unpaired) electrons. The molecule has 1 aliphatic rings. The Bertz CT molecular complexity index is 653. The third-order valence-corrected chi connectivity index (χ3v) is 5.95. The van der Waals surface area contributed by atoms with Gasteiger partial charge in [-0.05, 0) is 44.0 Å². The highest BCUT2D eigenvalue weighted by Crippen LogP contribution is 2.34. The Morgan fingerprint density at radius 3 is 2.57 bits per heavy atom. The third-order valence-electron chi connectivity index (χ3n) is 4.01. The predicted octanol–water partition coefficient (Wildman–Crippen LogP) is 2.78. The number of aryl methyl sites for hydroxylation is 1. The average Bonchev–Trinajstić information content (AvgIpc) is 2.97. The van der Waals surface area contributed by atoms with Gasteiger partial charge in [0.2, 0.25) is 10.0 Å². The smallest absolute Gasteiger partial charge is 0.315 e. The van der Waals surface area contributed by atoms with Gasteiger partial charge in [0.05, 0.1) is 10.5 Å². The van der Waals surface area contributed by atoms with Crippen molar-refractivity contribution in [1.82, 2.24) is 9.62 Å². The summed E-state index contributed by atoms with van der Waals surface area (Å²) >= 11 is 0. The van der Waals surface area contributed by atoms with Crippen LogP contribution in [-0.2, 0) is 16.2 Å². The monoisotopic (exact) mass is 350 g/mol. The lowest BCUT2D eigenvalue weighted by molar-refractivity contribution is -0.138. The number of halogens is 3. The van der Waals surface area contributed by atoms with Crippen LogP contribution in [0.5, 0.6) is 0 Å². The minimum atomic E-state index is -4.57. The van der Waals surface area contributed by atoms with Crippen LogP contribution in [0.4, 0.5) is 13.2 Å². The quantitative estimate of drug-likeness (QED) is 0.888. The highest BCUT2D eigenvalue weighted by atomic mass is 32.2. The molecule has 2 rings (SSSR count). The van der Waals surface area contributed by atoms with E-state index in [0.29, 0.717) is 32.5 Å². The summed E-state index contributed by atoms with van der Waals surface area (Å²) in [6, 6.07) is 3.00. The standard InChI is InChI=1S/C15H21F3N2O2S/c1-3-8-20(12-6-7-19-10-12)23(21,22)13-5-4-11(2)14(9-13)15(16,17)18/h4-5,9,12,19H,3,6-8,10H2,1-2H3. The van der Waals surface area contributed by atoms with Crippen LogP contribution in [-0.4, -0.2) is 38.4 Å². The van der Waals surface area contributed by atoms with Crippen molar-refractivity contribution in [2.75, 3.05) is 19.6 Å². The number of alkyl halides is 3. The van der Waals surface area contributed by atoms with Crippen molar-refractivity contribution in [3.8, 4) is 0 Å². The van der Waals surface area contributed by atoms with E-state index in [1.165, 1.54) is 23.4 Å². The van der Waals surface area contributed by atoms with E-state index in [2.05, 4.69) is 5.32 Å². The zero-order valence-corrected chi connectivity index (χ0v) is 14.0. The molecule has 0 aromatic heterocycles. The summed E-state index contributed by atoms with van der Waals surface area (Å²) in [5.74, 6) is 0. The van der Waals surface area contributed by atoms with Crippen LogP contribution >= 0.6 is 0 Å². The molecule has 1 N–H and O–H groups in total. The molecule has 23 heavy (non-hydrogen) atoms. The van der Waals surface area contributed by atoms with Crippen molar-refractivity contribution in [3.63, 3.8) is 0 Å². The number of hydrogen-bond acceptors (Lipinski definition) is 3. The fourth-order valence-corrected chi connectivity index (χ4v) is 4.58. The Hall–Kier alpha value is -1.12. The fourth-order valence-electron chi connectivity index (χ4n) is 2.81. The first-order valence-electron chi connectivity index (χ1n) is 7.58. The molecule has 1 unspecified atom stereocenters. The van der Waals surface area contributed by atoms with Crippen molar-refractivity contribution in [2.24, 2.45) is 0 Å². The summed E-state index contributed by atoms with van der Waals surface area (Å²) in [6.07, 6.45) is -3.30. The summed E-state index contributed by atoms with van der Waals surface area (Å²) in [6.45, 7) is 4.70. The van der Waals surface area contributed by atoms with Gasteiger partial charge in [-0.25, -0.2) is 8.42 Å². The second-order valence-corrected chi connectivity index (χ2v) is 7.63. The summed E-state index contributed by atoms with van der Waals surface area (Å²) in [4.78, 5) is -0.296. The lowest BCUT2D eigenvalue weighted by Crippen LogP contribution is -2.42. The maximum Gasteiger partial charge on any atom is 0.416 e. The SMILES string of the molecule is CCCN(C1CCNC1)S(=O)(=O)c1ccc(C)c(C(F)(F)F)c1. The van der Waals surface area contributed by atoms with Crippen LogP contribution in [0.2, 0.25) is 0 Å². The summed E-state index contributed by atoms with van der Waals surface area (Å²) in [5, 5.41) is 3.09. The number of rotatable bonds is 5. The Labute approximate surface area is 134 Å². The van der Waals surface area contributed by atoms with Gasteiger partial charge < -0.3 is 5.32 Å². The van der Waals surface area contributed by atoms with E-state index in [9.17, 15) is 21.6 Å². The van der Waals surface area contributed by atoms with Crippen LogP contribution in [0.25, 0.3) is 0 Å². The van der Waals surface area contributed by atoms with Gasteiger partial charge in [0.1, 0.15) is 0 Å². The molecule has 0 saturated carbocycles. The molecule has 1 aromatic rings. The van der Waals surface area contributed by atoms with Crippen LogP contribution in [0, 0.1) is 6.92 Å². The van der Waals surface area contributed by atoms with Gasteiger partial charge in [-0.15, -0.1) is 0 Å². The lowest BCUT2D eigenvalue weighted by atomic mass is 10.1. The molecule has 4 nitrogen and oxygen atoms in total. The number of nitrogens with one attached hydrogen (secondary N) is 1. The highest BCUT2D eigenvalue weighted by Gasteiger charge is 2.36. The van der Waals surface area contributed by atoms with Crippen molar-refractivity contribution in [3.05, 3.63) is 29.3 Å². The highest BCUT2D eigenvalue weighted by molar-refractivity contribution is 7.89. The van der Waals surface area contributed by atoms with Crippen molar-refractivity contribution < 1.29 is 21.6 Å². The largest absolute Gasteiger partial charge is 0.416 e. The summed E-state index contributed by atoms with van der Waals surface area (Å²) in [5.41, 5.74) is -0.888. The Balaban J connectivity index is 2.45. The molecule has 1 aromatic carbocycles. The van der Waals surface area contributed by atoms with Crippen molar-refractivity contribution >= 4 is 10.0 Å². The second kappa shape index (κ2) is 6.78. The predicted molar refractivity (Wildman–Crippen MR) is 81.6 cm³/mol. The first-order valence-corrected chi connectivity index (χ1v) is 9.02. The van der Waals surface area contributed by atoms with Gasteiger partial charge in [-0.2, -0.15) is 17.5 Å². The molecule has 1 atom stereocenters. The Kier molecular flexibility index (Phi) is 5.37. The molecule has 1 fully saturated rings. The topological polar surface area (TPSA) is 49.4 Å². The average molecular weight is 350 g/mol. The van der Waals surface area contributed by atoms with E-state index < -0.39 is 21.8 Å². The van der Waals surface area contributed by atoms with Crippen molar-refractivity contribution in [1.29, 1.82) is 0 Å². The maximum atomic E-state index is 13.0. The maximum absolute atomic E-state index is 13.0. The van der Waals surface area contributed by atoms with Crippen LogP contribution in [0.3, 0.4) is 0 Å². The van der Waals surface area contributed by atoms with E-state index in [-0.39, 0.29) is 16.5 Å². The molecule has 1 saturated heterocycles. The molecule has 0 spiro atoms. The first-order chi connectivity index (χ1) is 10.7. The van der Waals surface area contributed by atoms with Crippen LogP contribution < -0.4 is 5.32 Å². The summed E-state index contributed by atoms with van der Waals surface area (Å²) in [7, 11) is -3.95. The number of benzene rings is 1. The molecule has 130 valence electrons. The normalized spacial score (nSPS) is 19.5. The fraction of sp³-hybridized carbons (Fsp3) is 0.600. The molecule has 8 heteroatoms. The minimum absolute atomic E-state index is 0.0148. The van der Waals surface area contributed by atoms with Gasteiger partial charge >= 0.3 is 6.18 Å². The van der Waals surface area contributed by atoms with Gasteiger partial charge in [0.15, 0.2) is 0 Å². The number of sulfonamides is 1. The molecule has 0 aliphatic carbocycles. The van der Waals surface area contributed by atoms with E-state index in [0.717, 1.165) is 6.07 Å². The van der Waals surface area contributed by atoms with E-state index in [4.69, 9.17) is 0 Å². The second-order valence-electron chi connectivity index (χ2n) is 5.74. The molecule has 0 amide bonds. The summed E-state index contributed by atoms with van der Waals surface area (Å²) < 4.78 is 66.1. The Morgan fingerprint density at radius 2 is 2.04 bits per heavy atom. The number of hydrogen-bond donors (Lipinski definition) is 1. The van der Waals surface area contributed by atoms with Crippen LogP contribution in [0.15, 0.2) is 23.1 Å². The molecular weight excluding hydrogens is 329 g/mol. The zero-order chi connectivity index (χ0) is 17.3. The first kappa shape index (κ1) is 18.2. The minimum Gasteiger partial charge on any atom is -0.315 e. The lowest BCUT2D eigenvalue weighted by Gasteiger charge is -2.27.